The second-order valence-corrected chi connectivity index (χ2v) is 6.55. The standard InChI is InChI=1S/C15H18IN3/c16-12-5-1-10(2-6-12)14-9-18-15(19-14)11-3-7-13(17)8-4-11/h1-2,5-6,9,11,13H,3-4,7-8,17H2,(H,18,19). The van der Waals surface area contributed by atoms with Gasteiger partial charge < -0.3 is 10.7 Å². The van der Waals surface area contributed by atoms with Gasteiger partial charge in [-0.2, -0.15) is 0 Å². The molecule has 4 heteroatoms. The Balaban J connectivity index is 1.77. The maximum absolute atomic E-state index is 5.95. The Hall–Kier alpha value is -0.880. The zero-order valence-corrected chi connectivity index (χ0v) is 12.9. The van der Waals surface area contributed by atoms with Gasteiger partial charge in [-0.1, -0.05) is 12.1 Å². The molecule has 1 aromatic carbocycles. The van der Waals surface area contributed by atoms with Crippen LogP contribution in [0.15, 0.2) is 30.5 Å². The van der Waals surface area contributed by atoms with Gasteiger partial charge in [0.05, 0.1) is 11.9 Å². The number of aromatic nitrogens is 2. The van der Waals surface area contributed by atoms with E-state index >= 15 is 0 Å². The van der Waals surface area contributed by atoms with Gasteiger partial charge in [-0.25, -0.2) is 4.98 Å². The number of nitrogens with zero attached hydrogens (tertiary/aromatic N) is 1. The van der Waals surface area contributed by atoms with Crippen molar-refractivity contribution >= 4 is 22.6 Å². The topological polar surface area (TPSA) is 54.7 Å². The normalized spacial score (nSPS) is 23.5. The molecule has 2 aromatic rings. The third kappa shape index (κ3) is 3.00. The molecule has 3 rings (SSSR count). The Labute approximate surface area is 127 Å². The van der Waals surface area contributed by atoms with Crippen LogP contribution in [0.3, 0.4) is 0 Å². The molecule has 1 saturated carbocycles. The Bertz CT molecular complexity index is 539. The minimum atomic E-state index is 0.391. The number of nitrogens with two attached hydrogens (primary N) is 1. The third-order valence-electron chi connectivity index (χ3n) is 3.91. The Morgan fingerprint density at radius 3 is 2.47 bits per heavy atom. The molecular weight excluding hydrogens is 349 g/mol. The quantitative estimate of drug-likeness (QED) is 0.796. The number of rotatable bonds is 2. The summed E-state index contributed by atoms with van der Waals surface area (Å²) in [6, 6.07) is 8.90. The van der Waals surface area contributed by atoms with E-state index in [4.69, 9.17) is 5.73 Å². The molecule has 1 aromatic heterocycles. The summed E-state index contributed by atoms with van der Waals surface area (Å²) in [5.41, 5.74) is 8.27. The van der Waals surface area contributed by atoms with Crippen LogP contribution < -0.4 is 5.73 Å². The molecule has 1 fully saturated rings. The van der Waals surface area contributed by atoms with Gasteiger partial charge in [0.1, 0.15) is 5.82 Å². The van der Waals surface area contributed by atoms with Crippen molar-refractivity contribution in [3.63, 3.8) is 0 Å². The van der Waals surface area contributed by atoms with Gasteiger partial charge in [0.2, 0.25) is 0 Å². The molecule has 0 atom stereocenters. The number of aromatic amines is 1. The maximum Gasteiger partial charge on any atom is 0.109 e. The Morgan fingerprint density at radius 1 is 1.11 bits per heavy atom. The van der Waals surface area contributed by atoms with Crippen LogP contribution in [0, 0.1) is 3.57 Å². The molecule has 0 aliphatic heterocycles. The van der Waals surface area contributed by atoms with E-state index in [1.807, 2.05) is 6.20 Å². The molecule has 1 heterocycles. The van der Waals surface area contributed by atoms with Crippen LogP contribution in [0.4, 0.5) is 0 Å². The summed E-state index contributed by atoms with van der Waals surface area (Å²) < 4.78 is 1.25. The lowest BCUT2D eigenvalue weighted by molar-refractivity contribution is 0.386. The number of nitrogens with one attached hydrogen (secondary N) is 1. The van der Waals surface area contributed by atoms with Crippen molar-refractivity contribution in [3.05, 3.63) is 39.9 Å². The summed E-state index contributed by atoms with van der Waals surface area (Å²) in [6.07, 6.45) is 6.49. The van der Waals surface area contributed by atoms with Crippen LogP contribution in [-0.2, 0) is 0 Å². The summed E-state index contributed by atoms with van der Waals surface area (Å²) in [5, 5.41) is 0. The fraction of sp³-hybridized carbons (Fsp3) is 0.400. The van der Waals surface area contributed by atoms with Crippen LogP contribution in [-0.4, -0.2) is 16.0 Å². The largest absolute Gasteiger partial charge is 0.342 e. The number of H-pyrrole nitrogens is 1. The fourth-order valence-electron chi connectivity index (χ4n) is 2.71. The third-order valence-corrected chi connectivity index (χ3v) is 4.63. The first-order chi connectivity index (χ1) is 9.22. The molecule has 1 aliphatic rings. The van der Waals surface area contributed by atoms with Crippen LogP contribution in [0.25, 0.3) is 11.3 Å². The van der Waals surface area contributed by atoms with Gasteiger partial charge in [-0.05, 0) is 66.0 Å². The zero-order valence-electron chi connectivity index (χ0n) is 10.8. The predicted molar refractivity (Wildman–Crippen MR) is 85.9 cm³/mol. The van der Waals surface area contributed by atoms with Gasteiger partial charge in [0.15, 0.2) is 0 Å². The highest BCUT2D eigenvalue weighted by molar-refractivity contribution is 14.1. The zero-order chi connectivity index (χ0) is 13.2. The Morgan fingerprint density at radius 2 is 1.79 bits per heavy atom. The SMILES string of the molecule is NC1CCC(c2ncc(-c3ccc(I)cc3)[nH]2)CC1. The molecule has 0 radical (unpaired) electrons. The van der Waals surface area contributed by atoms with E-state index in [-0.39, 0.29) is 0 Å². The number of hydrogen-bond acceptors (Lipinski definition) is 2. The highest BCUT2D eigenvalue weighted by atomic mass is 127. The second kappa shape index (κ2) is 5.63. The van der Waals surface area contributed by atoms with Gasteiger partial charge in [0, 0.05) is 15.5 Å². The maximum atomic E-state index is 5.95. The molecule has 0 bridgehead atoms. The fourth-order valence-corrected chi connectivity index (χ4v) is 3.07. The van der Waals surface area contributed by atoms with Gasteiger partial charge in [-0.3, -0.25) is 0 Å². The lowest BCUT2D eigenvalue weighted by atomic mass is 9.86. The highest BCUT2D eigenvalue weighted by Gasteiger charge is 2.22. The lowest BCUT2D eigenvalue weighted by Crippen LogP contribution is -2.26. The molecule has 0 spiro atoms. The van der Waals surface area contributed by atoms with Crippen molar-refractivity contribution in [2.75, 3.05) is 0 Å². The van der Waals surface area contributed by atoms with Crippen molar-refractivity contribution in [2.45, 2.75) is 37.6 Å². The minimum absolute atomic E-state index is 0.391. The number of halogens is 1. The molecule has 19 heavy (non-hydrogen) atoms. The highest BCUT2D eigenvalue weighted by Crippen LogP contribution is 2.31. The van der Waals surface area contributed by atoms with Crippen molar-refractivity contribution in [3.8, 4) is 11.3 Å². The van der Waals surface area contributed by atoms with Crippen molar-refractivity contribution in [1.29, 1.82) is 0 Å². The second-order valence-electron chi connectivity index (χ2n) is 5.30. The summed E-state index contributed by atoms with van der Waals surface area (Å²) in [7, 11) is 0. The van der Waals surface area contributed by atoms with Crippen LogP contribution in [0.1, 0.15) is 37.4 Å². The van der Waals surface area contributed by atoms with Crippen LogP contribution in [0.5, 0.6) is 0 Å². The summed E-state index contributed by atoms with van der Waals surface area (Å²) in [6.45, 7) is 0. The van der Waals surface area contributed by atoms with Gasteiger partial charge in [0.25, 0.3) is 0 Å². The van der Waals surface area contributed by atoms with Crippen molar-refractivity contribution < 1.29 is 0 Å². The molecule has 100 valence electrons. The first-order valence-corrected chi connectivity index (χ1v) is 7.86. The van der Waals surface area contributed by atoms with Gasteiger partial charge >= 0.3 is 0 Å². The predicted octanol–water partition coefficient (Wildman–Crippen LogP) is 3.67. The molecule has 3 nitrogen and oxygen atoms in total. The molecule has 0 unspecified atom stereocenters. The molecule has 1 aliphatic carbocycles. The Kier molecular flexibility index (Phi) is 3.88. The molecule has 0 amide bonds. The van der Waals surface area contributed by atoms with Crippen LogP contribution in [0.2, 0.25) is 0 Å². The minimum Gasteiger partial charge on any atom is -0.342 e. The molecule has 3 N–H and O–H groups in total. The number of benzene rings is 1. The summed E-state index contributed by atoms with van der Waals surface area (Å²) >= 11 is 2.32. The molecule has 0 saturated heterocycles. The average molecular weight is 367 g/mol. The monoisotopic (exact) mass is 367 g/mol. The first kappa shape index (κ1) is 13.1. The van der Waals surface area contributed by atoms with Gasteiger partial charge in [-0.15, -0.1) is 0 Å². The summed E-state index contributed by atoms with van der Waals surface area (Å²) in [5.74, 6) is 1.68. The smallest absolute Gasteiger partial charge is 0.109 e. The average Bonchev–Trinajstić information content (AvgIpc) is 2.90. The van der Waals surface area contributed by atoms with E-state index in [9.17, 15) is 0 Å². The van der Waals surface area contributed by atoms with E-state index in [0.29, 0.717) is 12.0 Å². The van der Waals surface area contributed by atoms with E-state index < -0.39 is 0 Å². The van der Waals surface area contributed by atoms with Crippen molar-refractivity contribution in [2.24, 2.45) is 5.73 Å². The first-order valence-electron chi connectivity index (χ1n) is 6.79. The van der Waals surface area contributed by atoms with Crippen LogP contribution >= 0.6 is 22.6 Å². The van der Waals surface area contributed by atoms with E-state index in [2.05, 4.69) is 56.8 Å². The lowest BCUT2D eigenvalue weighted by Gasteiger charge is -2.24. The molecular formula is C15H18IN3. The number of hydrogen-bond donors (Lipinski definition) is 2. The van der Waals surface area contributed by atoms with E-state index in [1.54, 1.807) is 0 Å². The summed E-state index contributed by atoms with van der Waals surface area (Å²) in [4.78, 5) is 8.04. The van der Waals surface area contributed by atoms with E-state index in [0.717, 1.165) is 37.2 Å². The number of imidazole rings is 1. The van der Waals surface area contributed by atoms with E-state index in [1.165, 1.54) is 9.13 Å². The van der Waals surface area contributed by atoms with Crippen molar-refractivity contribution in [1.82, 2.24) is 9.97 Å².